The van der Waals surface area contributed by atoms with Gasteiger partial charge in [0.05, 0.1) is 24.8 Å². The van der Waals surface area contributed by atoms with Crippen molar-refractivity contribution in [2.75, 3.05) is 13.2 Å². The van der Waals surface area contributed by atoms with Crippen LogP contribution in [-0.4, -0.2) is 49.0 Å². The molecule has 0 aliphatic rings. The quantitative estimate of drug-likeness (QED) is 0.554. The second-order valence-corrected chi connectivity index (χ2v) is 6.35. The zero-order valence-electron chi connectivity index (χ0n) is 9.88. The van der Waals surface area contributed by atoms with Crippen LogP contribution < -0.4 is 4.72 Å². The average molecular weight is 372 g/mol. The Labute approximate surface area is 122 Å². The maximum atomic E-state index is 13.9. The number of hydrogen-bond acceptors (Lipinski definition) is 5. The summed E-state index contributed by atoms with van der Waals surface area (Å²) in [4.78, 5) is 9.94. The minimum Gasteiger partial charge on any atom is -0.478 e. The predicted octanol–water partition coefficient (Wildman–Crippen LogP) is -0.0821. The van der Waals surface area contributed by atoms with Gasteiger partial charge in [0, 0.05) is 4.47 Å². The lowest BCUT2D eigenvalue weighted by Gasteiger charge is -2.15. The summed E-state index contributed by atoms with van der Waals surface area (Å²) in [6.45, 7) is -1.39. The van der Waals surface area contributed by atoms with Crippen LogP contribution in [-0.2, 0) is 10.0 Å². The van der Waals surface area contributed by atoms with E-state index in [1.165, 1.54) is 0 Å². The molecule has 7 nitrogen and oxygen atoms in total. The lowest BCUT2D eigenvalue weighted by Crippen LogP contribution is -2.40. The molecule has 0 bridgehead atoms. The van der Waals surface area contributed by atoms with Crippen LogP contribution in [0.2, 0.25) is 0 Å². The molecule has 0 spiro atoms. The summed E-state index contributed by atoms with van der Waals surface area (Å²) < 4.78 is 39.7. The number of sulfonamides is 1. The molecule has 112 valence electrons. The van der Waals surface area contributed by atoms with E-state index in [0.717, 1.165) is 12.1 Å². The molecule has 0 atom stereocenters. The Bertz CT molecular complexity index is 616. The molecule has 10 heteroatoms. The van der Waals surface area contributed by atoms with Crippen LogP contribution in [0.3, 0.4) is 0 Å². The standard InChI is InChI=1S/C10H11BrFNO6S/c11-5-1-7(10(16)17)9(12)8(2-5)20(18,19)13-6(3-14)4-15/h1-2,6,13-15H,3-4H2,(H,16,17). The summed E-state index contributed by atoms with van der Waals surface area (Å²) in [6, 6.07) is 0.592. The van der Waals surface area contributed by atoms with Gasteiger partial charge in [-0.3, -0.25) is 0 Å². The van der Waals surface area contributed by atoms with Gasteiger partial charge in [0.15, 0.2) is 5.82 Å². The number of carboxylic acids is 1. The smallest absolute Gasteiger partial charge is 0.338 e. The first-order valence-corrected chi connectivity index (χ1v) is 7.47. The van der Waals surface area contributed by atoms with Gasteiger partial charge >= 0.3 is 5.97 Å². The van der Waals surface area contributed by atoms with Crippen LogP contribution >= 0.6 is 15.9 Å². The highest BCUT2D eigenvalue weighted by Gasteiger charge is 2.27. The normalized spacial score (nSPS) is 11.8. The zero-order chi connectivity index (χ0) is 15.5. The molecule has 0 saturated heterocycles. The summed E-state index contributed by atoms with van der Waals surface area (Å²) in [5.74, 6) is -3.05. The minimum absolute atomic E-state index is 0.0567. The molecule has 0 fully saturated rings. The van der Waals surface area contributed by atoms with Crippen LogP contribution in [0.15, 0.2) is 21.5 Å². The van der Waals surface area contributed by atoms with E-state index in [9.17, 15) is 17.6 Å². The molecule has 0 heterocycles. The van der Waals surface area contributed by atoms with E-state index in [2.05, 4.69) is 15.9 Å². The average Bonchev–Trinajstić information content (AvgIpc) is 2.37. The van der Waals surface area contributed by atoms with Crippen LogP contribution in [0.4, 0.5) is 4.39 Å². The van der Waals surface area contributed by atoms with Crippen LogP contribution in [0.5, 0.6) is 0 Å². The summed E-state index contributed by atoms with van der Waals surface area (Å²) in [6.07, 6.45) is 0. The minimum atomic E-state index is -4.43. The van der Waals surface area contributed by atoms with Crippen molar-refractivity contribution in [3.63, 3.8) is 0 Å². The molecule has 0 unspecified atom stereocenters. The van der Waals surface area contributed by atoms with E-state index in [0.29, 0.717) is 0 Å². The van der Waals surface area contributed by atoms with Gasteiger partial charge in [0.2, 0.25) is 10.0 Å². The summed E-state index contributed by atoms with van der Waals surface area (Å²) in [5.41, 5.74) is -0.815. The second kappa shape index (κ2) is 6.59. The molecule has 0 saturated carbocycles. The van der Waals surface area contributed by atoms with E-state index in [1.807, 2.05) is 4.72 Å². The third-order valence-corrected chi connectivity index (χ3v) is 4.26. The Morgan fingerprint density at radius 1 is 1.35 bits per heavy atom. The van der Waals surface area contributed by atoms with Crippen molar-refractivity contribution in [2.45, 2.75) is 10.9 Å². The lowest BCUT2D eigenvalue weighted by molar-refractivity contribution is 0.0691. The Hall–Kier alpha value is -1.07. The highest BCUT2D eigenvalue weighted by atomic mass is 79.9. The van der Waals surface area contributed by atoms with E-state index in [1.54, 1.807) is 0 Å². The Morgan fingerprint density at radius 2 is 1.90 bits per heavy atom. The van der Waals surface area contributed by atoms with Crippen LogP contribution in [0.25, 0.3) is 0 Å². The van der Waals surface area contributed by atoms with Crippen molar-refractivity contribution in [3.05, 3.63) is 28.0 Å². The molecule has 0 radical (unpaired) electrons. The fourth-order valence-corrected chi connectivity index (χ4v) is 3.28. The van der Waals surface area contributed by atoms with E-state index in [-0.39, 0.29) is 4.47 Å². The maximum absolute atomic E-state index is 13.9. The second-order valence-electron chi connectivity index (χ2n) is 3.75. The van der Waals surface area contributed by atoms with Crippen molar-refractivity contribution in [3.8, 4) is 0 Å². The highest BCUT2D eigenvalue weighted by molar-refractivity contribution is 9.10. The number of hydrogen-bond donors (Lipinski definition) is 4. The fraction of sp³-hybridized carbons (Fsp3) is 0.300. The van der Waals surface area contributed by atoms with Gasteiger partial charge in [-0.1, -0.05) is 15.9 Å². The highest BCUT2D eigenvalue weighted by Crippen LogP contribution is 2.24. The predicted molar refractivity (Wildman–Crippen MR) is 69.3 cm³/mol. The summed E-state index contributed by atoms with van der Waals surface area (Å²) >= 11 is 2.89. The molecule has 0 aromatic heterocycles. The molecule has 0 aliphatic carbocycles. The van der Waals surface area contributed by atoms with Gasteiger partial charge in [-0.2, -0.15) is 0 Å². The summed E-state index contributed by atoms with van der Waals surface area (Å²) in [7, 11) is -4.43. The Morgan fingerprint density at radius 3 is 2.35 bits per heavy atom. The first kappa shape index (κ1) is 17.0. The van der Waals surface area contributed by atoms with Gasteiger partial charge in [-0.05, 0) is 12.1 Å². The number of nitrogens with one attached hydrogen (secondary N) is 1. The number of aliphatic hydroxyl groups is 2. The molecular formula is C10H11BrFNO6S. The van der Waals surface area contributed by atoms with E-state index in [4.69, 9.17) is 15.3 Å². The van der Waals surface area contributed by atoms with Gasteiger partial charge in [-0.15, -0.1) is 0 Å². The van der Waals surface area contributed by atoms with Crippen molar-refractivity contribution in [1.29, 1.82) is 0 Å². The van der Waals surface area contributed by atoms with Crippen LogP contribution in [0, 0.1) is 5.82 Å². The largest absolute Gasteiger partial charge is 0.478 e. The summed E-state index contributed by atoms with van der Waals surface area (Å²) in [5, 5.41) is 26.4. The van der Waals surface area contributed by atoms with E-state index < -0.39 is 51.5 Å². The molecule has 1 aromatic rings. The molecule has 1 aromatic carbocycles. The maximum Gasteiger partial charge on any atom is 0.338 e. The monoisotopic (exact) mass is 371 g/mol. The zero-order valence-corrected chi connectivity index (χ0v) is 12.3. The van der Waals surface area contributed by atoms with Gasteiger partial charge in [0.25, 0.3) is 0 Å². The van der Waals surface area contributed by atoms with Crippen molar-refractivity contribution in [1.82, 2.24) is 4.72 Å². The SMILES string of the molecule is O=C(O)c1cc(Br)cc(S(=O)(=O)NC(CO)CO)c1F. The molecule has 0 aliphatic heterocycles. The van der Waals surface area contributed by atoms with Crippen molar-refractivity contribution >= 4 is 31.9 Å². The Kier molecular flexibility index (Phi) is 5.59. The number of halogens is 2. The number of aromatic carboxylic acids is 1. The number of benzene rings is 1. The van der Waals surface area contributed by atoms with Crippen molar-refractivity contribution in [2.24, 2.45) is 0 Å². The molecule has 0 amide bonds. The fourth-order valence-electron chi connectivity index (χ4n) is 1.33. The van der Waals surface area contributed by atoms with Crippen LogP contribution in [0.1, 0.15) is 10.4 Å². The van der Waals surface area contributed by atoms with E-state index >= 15 is 0 Å². The molecular weight excluding hydrogens is 361 g/mol. The number of aliphatic hydroxyl groups excluding tert-OH is 2. The number of rotatable bonds is 6. The number of carboxylic acid groups (broad SMARTS) is 1. The van der Waals surface area contributed by atoms with Gasteiger partial charge in [0.1, 0.15) is 4.90 Å². The number of carbonyl (C=O) groups is 1. The first-order valence-electron chi connectivity index (χ1n) is 5.19. The van der Waals surface area contributed by atoms with Gasteiger partial charge in [-0.25, -0.2) is 22.3 Å². The molecule has 1 rings (SSSR count). The topological polar surface area (TPSA) is 124 Å². The third kappa shape index (κ3) is 3.73. The first-order chi connectivity index (χ1) is 9.22. The molecule has 20 heavy (non-hydrogen) atoms. The van der Waals surface area contributed by atoms with Crippen molar-refractivity contribution < 1.29 is 32.9 Å². The Balaban J connectivity index is 3.35. The molecule has 4 N–H and O–H groups in total. The lowest BCUT2D eigenvalue weighted by atomic mass is 10.2. The van der Waals surface area contributed by atoms with Gasteiger partial charge < -0.3 is 15.3 Å². The third-order valence-electron chi connectivity index (χ3n) is 2.29.